The van der Waals surface area contributed by atoms with Crippen LogP contribution < -0.4 is 29.6 Å². The van der Waals surface area contributed by atoms with Gasteiger partial charge in [0.1, 0.15) is 6.04 Å². The Labute approximate surface area is 92.3 Å². The predicted octanol–water partition coefficient (Wildman–Crippen LogP) is -3.18. The minimum Gasteiger partial charge on any atom is -0.737 e. The molecule has 0 saturated carbocycles. The molecule has 0 aromatic rings. The number of rotatable bonds is 2. The molecule has 1 rings (SSSR count). The van der Waals surface area contributed by atoms with Crippen molar-refractivity contribution in [3.63, 3.8) is 0 Å². The molecule has 1 N–H and O–H groups in total. The molecule has 7 heteroatoms. The first-order valence-electron chi connectivity index (χ1n) is 3.47. The Hall–Kier alpha value is -0.0400. The van der Waals surface area contributed by atoms with Gasteiger partial charge in [-0.3, -0.25) is 0 Å². The van der Waals surface area contributed by atoms with Crippen LogP contribution in [0.4, 0.5) is 0 Å². The monoisotopic (exact) mass is 183 g/mol. The molecule has 0 aromatic heterocycles. The van der Waals surface area contributed by atoms with Crippen molar-refractivity contribution in [3.05, 3.63) is 10.4 Å². The summed E-state index contributed by atoms with van der Waals surface area (Å²) in [7, 11) is 0. The third-order valence-electron chi connectivity index (χ3n) is 1.85. The van der Waals surface area contributed by atoms with Gasteiger partial charge in [-0.25, -0.2) is 0 Å². The van der Waals surface area contributed by atoms with Crippen molar-refractivity contribution < 1.29 is 39.6 Å². The van der Waals surface area contributed by atoms with Crippen LogP contribution in [0.2, 0.25) is 0 Å². The van der Waals surface area contributed by atoms with Crippen LogP contribution in [0.25, 0.3) is 0 Å². The Bertz CT molecular complexity index is 166. The Morgan fingerprint density at radius 1 is 1.67 bits per heavy atom. The van der Waals surface area contributed by atoms with Crippen molar-refractivity contribution in [2.75, 3.05) is 13.2 Å². The second-order valence-electron chi connectivity index (χ2n) is 2.48. The summed E-state index contributed by atoms with van der Waals surface area (Å²) >= 11 is 0. The largest absolute Gasteiger partial charge is 1.00 e. The van der Waals surface area contributed by atoms with Crippen LogP contribution in [0.1, 0.15) is 12.8 Å². The van der Waals surface area contributed by atoms with E-state index in [-0.39, 0.29) is 47.2 Å². The van der Waals surface area contributed by atoms with Crippen molar-refractivity contribution in [1.82, 2.24) is 5.01 Å². The quantitative estimate of drug-likeness (QED) is 0.212. The van der Waals surface area contributed by atoms with Gasteiger partial charge in [-0.15, -0.1) is 5.01 Å². The topological polar surface area (TPSA) is 85.0 Å². The van der Waals surface area contributed by atoms with Gasteiger partial charge in [0.25, 0.3) is 0 Å². The zero-order chi connectivity index (χ0) is 8.27. The summed E-state index contributed by atoms with van der Waals surface area (Å²) < 4.78 is 0. The second kappa shape index (κ2) is 5.58. The molecule has 1 aliphatic rings. The number of nitrogens with zero attached hydrogens (tertiary/aromatic N) is 3. The number of aliphatic hydroxyl groups excluding tert-OH is 1. The first-order chi connectivity index (χ1) is 5.29. The van der Waals surface area contributed by atoms with Gasteiger partial charge in [0.05, 0.1) is 13.2 Å². The third-order valence-corrected chi connectivity index (χ3v) is 1.85. The predicted molar refractivity (Wildman–Crippen MR) is 36.2 cm³/mol. The molecule has 0 radical (unpaired) electrons. The summed E-state index contributed by atoms with van der Waals surface area (Å²) in [6.07, 6.45) is 1.56. The molecular weight excluding hydrogens is 173 g/mol. The van der Waals surface area contributed by atoms with E-state index < -0.39 is 0 Å². The van der Waals surface area contributed by atoms with E-state index >= 15 is 0 Å². The van der Waals surface area contributed by atoms with E-state index in [4.69, 9.17) is 5.11 Å². The van der Waals surface area contributed by atoms with Gasteiger partial charge in [0.15, 0.2) is 0 Å². The Balaban J connectivity index is 0.00000121. The van der Waals surface area contributed by atoms with Crippen molar-refractivity contribution in [2.24, 2.45) is 5.28 Å². The maximum absolute atomic E-state index is 10.6. The maximum Gasteiger partial charge on any atom is 1.00 e. The van der Waals surface area contributed by atoms with Crippen molar-refractivity contribution in [2.45, 2.75) is 18.9 Å². The Morgan fingerprint density at radius 2 is 2.33 bits per heavy atom. The van der Waals surface area contributed by atoms with Crippen LogP contribution in [-0.2, 0) is 0 Å². The summed E-state index contributed by atoms with van der Waals surface area (Å²) in [5.74, 6) is 0. The molecule has 64 valence electrons. The molecule has 12 heavy (non-hydrogen) atoms. The SMILES string of the molecule is [Na+].[O-]N=[N+]([O-])N1CCCC1CO. The first kappa shape index (κ1) is 12.0. The number of aliphatic hydroxyl groups is 1. The molecule has 1 fully saturated rings. The molecule has 1 heterocycles. The average molecular weight is 183 g/mol. The van der Waals surface area contributed by atoms with Gasteiger partial charge < -0.3 is 15.5 Å². The number of hydrogen-bond donors (Lipinski definition) is 1. The van der Waals surface area contributed by atoms with Gasteiger partial charge in [-0.1, -0.05) is 0 Å². The third kappa shape index (κ3) is 2.48. The molecule has 0 spiro atoms. The summed E-state index contributed by atoms with van der Waals surface area (Å²) in [5, 5.41) is 32.6. The van der Waals surface area contributed by atoms with Crippen molar-refractivity contribution >= 4 is 0 Å². The van der Waals surface area contributed by atoms with Crippen LogP contribution in [0.15, 0.2) is 5.28 Å². The minimum absolute atomic E-state index is 0. The summed E-state index contributed by atoms with van der Waals surface area (Å²) in [6, 6.07) is -0.231. The van der Waals surface area contributed by atoms with Gasteiger partial charge in [0.2, 0.25) is 0 Å². The molecule has 0 amide bonds. The van der Waals surface area contributed by atoms with Crippen LogP contribution in [0, 0.1) is 10.4 Å². The molecule has 0 aliphatic carbocycles. The molecule has 0 aromatic carbocycles. The Kier molecular flexibility index (Phi) is 5.56. The van der Waals surface area contributed by atoms with Crippen LogP contribution in [-0.4, -0.2) is 34.3 Å². The fourth-order valence-electron chi connectivity index (χ4n) is 1.28. The van der Waals surface area contributed by atoms with Crippen LogP contribution >= 0.6 is 0 Å². The molecular formula is C5H10N3NaO3. The second-order valence-corrected chi connectivity index (χ2v) is 2.48. The maximum atomic E-state index is 10.6. The zero-order valence-electron chi connectivity index (χ0n) is 7.01. The van der Waals surface area contributed by atoms with Crippen molar-refractivity contribution in [1.29, 1.82) is 0 Å². The number of hydrazine groups is 1. The summed E-state index contributed by atoms with van der Waals surface area (Å²) in [4.78, 5) is 0.00782. The van der Waals surface area contributed by atoms with Crippen LogP contribution in [0.5, 0.6) is 0 Å². The van der Waals surface area contributed by atoms with Gasteiger partial charge >= 0.3 is 29.6 Å². The fraction of sp³-hybridized carbons (Fsp3) is 1.00. The average Bonchev–Trinajstić information content (AvgIpc) is 2.50. The Morgan fingerprint density at radius 3 is 2.83 bits per heavy atom. The van der Waals surface area contributed by atoms with Crippen molar-refractivity contribution in [3.8, 4) is 0 Å². The summed E-state index contributed by atoms with van der Waals surface area (Å²) in [5.41, 5.74) is 0. The van der Waals surface area contributed by atoms with Crippen LogP contribution in [0.3, 0.4) is 0 Å². The molecule has 1 saturated heterocycles. The minimum atomic E-state index is -0.231. The van der Waals surface area contributed by atoms with E-state index in [0.29, 0.717) is 6.54 Å². The van der Waals surface area contributed by atoms with E-state index in [0.717, 1.165) is 12.8 Å². The van der Waals surface area contributed by atoms with Gasteiger partial charge in [-0.2, -0.15) is 0 Å². The van der Waals surface area contributed by atoms with E-state index in [9.17, 15) is 10.4 Å². The van der Waals surface area contributed by atoms with Gasteiger partial charge in [-0.05, 0) is 18.1 Å². The normalized spacial score (nSPS) is 23.9. The van der Waals surface area contributed by atoms with Gasteiger partial charge in [0, 0.05) is 4.97 Å². The molecule has 1 unspecified atom stereocenters. The number of hydrogen-bond acceptors (Lipinski definition) is 4. The van der Waals surface area contributed by atoms with E-state index in [2.05, 4.69) is 5.28 Å². The molecule has 6 nitrogen and oxygen atoms in total. The summed E-state index contributed by atoms with van der Waals surface area (Å²) in [6.45, 7) is 0.398. The molecule has 1 atom stereocenters. The molecule has 1 aliphatic heterocycles. The zero-order valence-corrected chi connectivity index (χ0v) is 9.01. The van der Waals surface area contributed by atoms with E-state index in [1.54, 1.807) is 0 Å². The molecule has 0 bridgehead atoms. The standard InChI is InChI=1S/C5H11N3O3.Na/c9-4-5-2-1-3-7(5)8(11)6-10;/h5,9-10H,1-4H2;/q;+1/p-1. The first-order valence-corrected chi connectivity index (χ1v) is 3.47. The smallest absolute Gasteiger partial charge is 0.737 e. The van der Waals surface area contributed by atoms with E-state index in [1.807, 2.05) is 0 Å². The van der Waals surface area contributed by atoms with E-state index in [1.165, 1.54) is 5.01 Å². The fourth-order valence-corrected chi connectivity index (χ4v) is 1.28.